The van der Waals surface area contributed by atoms with Gasteiger partial charge in [0.1, 0.15) is 5.82 Å². The van der Waals surface area contributed by atoms with Gasteiger partial charge in [0.05, 0.1) is 0 Å². The molecule has 1 atom stereocenters. The predicted molar refractivity (Wildman–Crippen MR) is 67.1 cm³/mol. The predicted octanol–water partition coefficient (Wildman–Crippen LogP) is 3.44. The van der Waals surface area contributed by atoms with Gasteiger partial charge in [-0.2, -0.15) is 0 Å². The molecule has 2 heteroatoms. The van der Waals surface area contributed by atoms with Crippen LogP contribution in [0.4, 0.5) is 4.39 Å². The Balaban J connectivity index is 2.17. The minimum absolute atomic E-state index is 0.138. The lowest BCUT2D eigenvalue weighted by molar-refractivity contribution is 0.628. The summed E-state index contributed by atoms with van der Waals surface area (Å²) in [5.74, 6) is -0.192. The van der Waals surface area contributed by atoms with Crippen molar-refractivity contribution in [3.8, 4) is 11.1 Å². The molecule has 1 nitrogen and oxygen atoms in total. The summed E-state index contributed by atoms with van der Waals surface area (Å²) in [4.78, 5) is 0. The summed E-state index contributed by atoms with van der Waals surface area (Å²) in [6.45, 7) is 0. The van der Waals surface area contributed by atoms with Gasteiger partial charge in [0.2, 0.25) is 0 Å². The van der Waals surface area contributed by atoms with Crippen molar-refractivity contribution < 1.29 is 4.39 Å². The van der Waals surface area contributed by atoms with E-state index in [0.717, 1.165) is 24.0 Å². The van der Waals surface area contributed by atoms with E-state index in [9.17, 15) is 4.39 Å². The number of fused-ring (bicyclic) bond motifs is 1. The summed E-state index contributed by atoms with van der Waals surface area (Å²) in [6, 6.07) is 13.0. The van der Waals surface area contributed by atoms with E-state index in [1.807, 2.05) is 18.2 Å². The molecule has 0 spiro atoms. The minimum Gasteiger partial charge on any atom is -0.324 e. The molecular formula is C15H14FN. The van der Waals surface area contributed by atoms with Crippen LogP contribution >= 0.6 is 0 Å². The topological polar surface area (TPSA) is 26.0 Å². The van der Waals surface area contributed by atoms with E-state index in [0.29, 0.717) is 0 Å². The number of halogens is 1. The van der Waals surface area contributed by atoms with Crippen LogP contribution in [0.5, 0.6) is 0 Å². The minimum atomic E-state index is -0.192. The van der Waals surface area contributed by atoms with E-state index in [1.54, 1.807) is 12.1 Å². The number of hydrogen-bond acceptors (Lipinski definition) is 1. The van der Waals surface area contributed by atoms with Crippen molar-refractivity contribution >= 4 is 0 Å². The highest BCUT2D eigenvalue weighted by Gasteiger charge is 2.21. The van der Waals surface area contributed by atoms with Crippen LogP contribution in [0.1, 0.15) is 23.6 Å². The van der Waals surface area contributed by atoms with Crippen molar-refractivity contribution in [3.05, 3.63) is 59.4 Å². The second-order valence-corrected chi connectivity index (χ2v) is 4.53. The lowest BCUT2D eigenvalue weighted by Crippen LogP contribution is -2.04. The zero-order valence-corrected chi connectivity index (χ0v) is 9.49. The van der Waals surface area contributed by atoms with Gasteiger partial charge in [-0.15, -0.1) is 0 Å². The zero-order chi connectivity index (χ0) is 11.8. The molecule has 1 aliphatic rings. The number of rotatable bonds is 1. The molecule has 3 rings (SSSR count). The largest absolute Gasteiger partial charge is 0.324 e. The first-order valence-electron chi connectivity index (χ1n) is 5.89. The van der Waals surface area contributed by atoms with Crippen LogP contribution in [-0.2, 0) is 6.42 Å². The highest BCUT2D eigenvalue weighted by Crippen LogP contribution is 2.36. The first-order chi connectivity index (χ1) is 8.25. The van der Waals surface area contributed by atoms with E-state index in [-0.39, 0.29) is 11.9 Å². The molecule has 17 heavy (non-hydrogen) atoms. The summed E-state index contributed by atoms with van der Waals surface area (Å²) < 4.78 is 13.3. The SMILES string of the molecule is NC1CCc2c(-c3cccc(F)c3)cccc21. The van der Waals surface area contributed by atoms with Crippen LogP contribution in [0.25, 0.3) is 11.1 Å². The molecule has 2 aromatic carbocycles. The van der Waals surface area contributed by atoms with Crippen molar-refractivity contribution in [2.24, 2.45) is 5.73 Å². The highest BCUT2D eigenvalue weighted by atomic mass is 19.1. The summed E-state index contributed by atoms with van der Waals surface area (Å²) in [5, 5.41) is 0. The number of nitrogens with two attached hydrogens (primary N) is 1. The van der Waals surface area contributed by atoms with Crippen molar-refractivity contribution in [3.63, 3.8) is 0 Å². The fraction of sp³-hybridized carbons (Fsp3) is 0.200. The average molecular weight is 227 g/mol. The van der Waals surface area contributed by atoms with Crippen LogP contribution in [0.2, 0.25) is 0 Å². The number of benzene rings is 2. The molecule has 0 amide bonds. The second-order valence-electron chi connectivity index (χ2n) is 4.53. The zero-order valence-electron chi connectivity index (χ0n) is 9.49. The number of hydrogen-bond donors (Lipinski definition) is 1. The highest BCUT2D eigenvalue weighted by molar-refractivity contribution is 5.70. The molecule has 1 aliphatic carbocycles. The summed E-state index contributed by atoms with van der Waals surface area (Å²) >= 11 is 0. The van der Waals surface area contributed by atoms with Gasteiger partial charge < -0.3 is 5.73 Å². The molecule has 86 valence electrons. The Labute approximate surface area is 100 Å². The van der Waals surface area contributed by atoms with Gasteiger partial charge in [-0.25, -0.2) is 4.39 Å². The molecule has 1 unspecified atom stereocenters. The maximum atomic E-state index is 13.3. The lowest BCUT2D eigenvalue weighted by Gasteiger charge is -2.10. The lowest BCUT2D eigenvalue weighted by atomic mass is 9.96. The average Bonchev–Trinajstić information content (AvgIpc) is 2.71. The summed E-state index contributed by atoms with van der Waals surface area (Å²) in [5.41, 5.74) is 10.6. The molecule has 0 bridgehead atoms. The van der Waals surface area contributed by atoms with Crippen LogP contribution in [-0.4, -0.2) is 0 Å². The molecular weight excluding hydrogens is 213 g/mol. The monoisotopic (exact) mass is 227 g/mol. The van der Waals surface area contributed by atoms with Crippen LogP contribution < -0.4 is 5.73 Å². The Hall–Kier alpha value is -1.67. The van der Waals surface area contributed by atoms with Gasteiger partial charge in [-0.1, -0.05) is 30.3 Å². The third kappa shape index (κ3) is 1.75. The van der Waals surface area contributed by atoms with Gasteiger partial charge >= 0.3 is 0 Å². The summed E-state index contributed by atoms with van der Waals surface area (Å²) in [6.07, 6.45) is 1.98. The van der Waals surface area contributed by atoms with Crippen molar-refractivity contribution in [2.75, 3.05) is 0 Å². The van der Waals surface area contributed by atoms with Crippen molar-refractivity contribution in [1.29, 1.82) is 0 Å². The Bertz CT molecular complexity index is 563. The molecule has 2 N–H and O–H groups in total. The molecule has 0 saturated carbocycles. The molecule has 0 aliphatic heterocycles. The molecule has 0 radical (unpaired) electrons. The van der Waals surface area contributed by atoms with Crippen LogP contribution in [0, 0.1) is 5.82 Å². The first kappa shape index (κ1) is 10.5. The van der Waals surface area contributed by atoms with E-state index in [4.69, 9.17) is 5.73 Å². The second kappa shape index (κ2) is 3.97. The fourth-order valence-corrected chi connectivity index (χ4v) is 2.61. The third-order valence-corrected chi connectivity index (χ3v) is 3.45. The van der Waals surface area contributed by atoms with Gasteiger partial charge in [-0.05, 0) is 47.2 Å². The van der Waals surface area contributed by atoms with Gasteiger partial charge in [0.15, 0.2) is 0 Å². The van der Waals surface area contributed by atoms with Gasteiger partial charge in [-0.3, -0.25) is 0 Å². The van der Waals surface area contributed by atoms with E-state index >= 15 is 0 Å². The van der Waals surface area contributed by atoms with E-state index in [2.05, 4.69) is 6.07 Å². The maximum Gasteiger partial charge on any atom is 0.123 e. The molecule has 0 saturated heterocycles. The normalized spacial score (nSPS) is 18.1. The quantitative estimate of drug-likeness (QED) is 0.793. The van der Waals surface area contributed by atoms with Gasteiger partial charge in [0, 0.05) is 6.04 Å². The smallest absolute Gasteiger partial charge is 0.123 e. The molecule has 0 fully saturated rings. The standard InChI is InChI=1S/C15H14FN/c16-11-4-1-3-10(9-11)12-5-2-6-14-13(12)7-8-15(14)17/h1-6,9,15H,7-8,17H2. The van der Waals surface area contributed by atoms with Gasteiger partial charge in [0.25, 0.3) is 0 Å². The van der Waals surface area contributed by atoms with E-state index < -0.39 is 0 Å². The van der Waals surface area contributed by atoms with Crippen molar-refractivity contribution in [1.82, 2.24) is 0 Å². The molecule has 0 heterocycles. The Morgan fingerprint density at radius 3 is 2.76 bits per heavy atom. The Morgan fingerprint density at radius 2 is 1.94 bits per heavy atom. The third-order valence-electron chi connectivity index (χ3n) is 3.45. The van der Waals surface area contributed by atoms with Crippen LogP contribution in [0.3, 0.4) is 0 Å². The fourth-order valence-electron chi connectivity index (χ4n) is 2.61. The Morgan fingerprint density at radius 1 is 1.12 bits per heavy atom. The van der Waals surface area contributed by atoms with E-state index in [1.165, 1.54) is 17.2 Å². The summed E-state index contributed by atoms with van der Waals surface area (Å²) in [7, 11) is 0. The van der Waals surface area contributed by atoms with Crippen molar-refractivity contribution in [2.45, 2.75) is 18.9 Å². The molecule has 0 aromatic heterocycles. The molecule has 2 aromatic rings. The van der Waals surface area contributed by atoms with Crippen LogP contribution in [0.15, 0.2) is 42.5 Å². The first-order valence-corrected chi connectivity index (χ1v) is 5.89. The maximum absolute atomic E-state index is 13.3. The Kier molecular flexibility index (Phi) is 2.45.